The summed E-state index contributed by atoms with van der Waals surface area (Å²) >= 11 is 1.44. The van der Waals surface area contributed by atoms with Crippen LogP contribution in [-0.4, -0.2) is 12.6 Å². The highest BCUT2D eigenvalue weighted by Crippen LogP contribution is 2.38. The number of benzene rings is 1. The number of carbonyl (C=O) groups excluding carboxylic acids is 1. The number of ether oxygens (including phenoxy) is 1. The second kappa shape index (κ2) is 7.45. The number of carbonyl (C=O) groups is 1. The van der Waals surface area contributed by atoms with Gasteiger partial charge in [0, 0.05) is 10.4 Å². The molecule has 0 aliphatic rings. The lowest BCUT2D eigenvalue weighted by molar-refractivity contribution is 0.0529. The minimum absolute atomic E-state index is 0.339. The van der Waals surface area contributed by atoms with Crippen LogP contribution in [0.5, 0.6) is 0 Å². The van der Waals surface area contributed by atoms with E-state index in [0.717, 1.165) is 22.4 Å². The molecule has 4 heteroatoms. The fraction of sp³-hybridized carbons (Fsp3) is 0.389. The Morgan fingerprint density at radius 3 is 2.50 bits per heavy atom. The third kappa shape index (κ3) is 3.50. The predicted octanol–water partition coefficient (Wildman–Crippen LogP) is 4.83. The summed E-state index contributed by atoms with van der Waals surface area (Å²) in [4.78, 5) is 13.2. The van der Waals surface area contributed by atoms with Gasteiger partial charge in [-0.3, -0.25) is 0 Å². The van der Waals surface area contributed by atoms with Crippen molar-refractivity contribution in [3.63, 3.8) is 0 Å². The Morgan fingerprint density at radius 1 is 1.23 bits per heavy atom. The first kappa shape index (κ1) is 16.6. The van der Waals surface area contributed by atoms with Crippen molar-refractivity contribution in [2.45, 2.75) is 40.0 Å². The Hall–Kier alpha value is -1.81. The number of nitrogens with two attached hydrogens (primary N) is 1. The summed E-state index contributed by atoms with van der Waals surface area (Å²) < 4.78 is 5.15. The van der Waals surface area contributed by atoms with Crippen molar-refractivity contribution in [3.8, 4) is 11.1 Å². The van der Waals surface area contributed by atoms with Gasteiger partial charge in [-0.2, -0.15) is 0 Å². The van der Waals surface area contributed by atoms with Gasteiger partial charge in [0.25, 0.3) is 0 Å². The van der Waals surface area contributed by atoms with E-state index in [4.69, 9.17) is 10.5 Å². The number of unbranched alkanes of at least 4 members (excludes halogenated alkanes) is 1. The van der Waals surface area contributed by atoms with Gasteiger partial charge in [0.2, 0.25) is 0 Å². The van der Waals surface area contributed by atoms with Crippen LogP contribution in [0, 0.1) is 6.92 Å². The highest BCUT2D eigenvalue weighted by atomic mass is 32.1. The van der Waals surface area contributed by atoms with E-state index in [1.807, 2.05) is 6.92 Å². The molecule has 0 unspecified atom stereocenters. The second-order valence-corrected chi connectivity index (χ2v) is 6.55. The molecule has 0 amide bonds. The molecule has 22 heavy (non-hydrogen) atoms. The molecule has 3 nitrogen and oxygen atoms in total. The van der Waals surface area contributed by atoms with Crippen LogP contribution in [0.2, 0.25) is 0 Å². The molecule has 0 aliphatic carbocycles. The summed E-state index contributed by atoms with van der Waals surface area (Å²) in [6.45, 7) is 6.33. The van der Waals surface area contributed by atoms with Crippen LogP contribution in [-0.2, 0) is 11.2 Å². The molecule has 0 spiro atoms. The van der Waals surface area contributed by atoms with Gasteiger partial charge in [0.1, 0.15) is 10.6 Å². The molecule has 118 valence electrons. The third-order valence-corrected chi connectivity index (χ3v) is 4.59. The molecule has 1 aromatic heterocycles. The van der Waals surface area contributed by atoms with Crippen LogP contribution in [0.15, 0.2) is 24.3 Å². The molecular formula is C18H23NO2S. The molecule has 0 bridgehead atoms. The van der Waals surface area contributed by atoms with Gasteiger partial charge in [-0.1, -0.05) is 37.6 Å². The molecule has 0 aliphatic heterocycles. The minimum Gasteiger partial charge on any atom is -0.462 e. The monoisotopic (exact) mass is 317 g/mol. The maximum atomic E-state index is 12.2. The van der Waals surface area contributed by atoms with E-state index in [1.165, 1.54) is 29.7 Å². The molecule has 1 aromatic carbocycles. The molecule has 0 saturated heterocycles. The molecule has 2 N–H and O–H groups in total. The van der Waals surface area contributed by atoms with Gasteiger partial charge < -0.3 is 10.5 Å². The van der Waals surface area contributed by atoms with Crippen molar-refractivity contribution >= 4 is 22.3 Å². The topological polar surface area (TPSA) is 52.3 Å². The largest absolute Gasteiger partial charge is 0.462 e. The van der Waals surface area contributed by atoms with Crippen molar-refractivity contribution in [2.75, 3.05) is 12.3 Å². The normalized spacial score (nSPS) is 10.7. The van der Waals surface area contributed by atoms with Gasteiger partial charge in [0.15, 0.2) is 0 Å². The Labute approximate surface area is 136 Å². The molecule has 0 atom stereocenters. The molecule has 0 saturated carbocycles. The predicted molar refractivity (Wildman–Crippen MR) is 93.5 cm³/mol. The van der Waals surface area contributed by atoms with E-state index < -0.39 is 0 Å². The lowest BCUT2D eigenvalue weighted by Gasteiger charge is -2.08. The summed E-state index contributed by atoms with van der Waals surface area (Å²) in [5, 5.41) is 0.529. The molecule has 2 rings (SSSR count). The van der Waals surface area contributed by atoms with Crippen LogP contribution in [0.3, 0.4) is 0 Å². The highest BCUT2D eigenvalue weighted by molar-refractivity contribution is 7.16. The van der Waals surface area contributed by atoms with Gasteiger partial charge >= 0.3 is 5.97 Å². The average molecular weight is 317 g/mol. The third-order valence-electron chi connectivity index (χ3n) is 3.65. The van der Waals surface area contributed by atoms with Gasteiger partial charge in [-0.25, -0.2) is 4.79 Å². The van der Waals surface area contributed by atoms with Crippen LogP contribution in [0.1, 0.15) is 47.5 Å². The number of esters is 1. The van der Waals surface area contributed by atoms with Crippen LogP contribution >= 0.6 is 11.3 Å². The second-order valence-electron chi connectivity index (χ2n) is 5.29. The van der Waals surface area contributed by atoms with Crippen molar-refractivity contribution in [3.05, 3.63) is 40.3 Å². The molecule has 0 radical (unpaired) electrons. The Bertz CT molecular complexity index is 644. The zero-order chi connectivity index (χ0) is 16.1. The van der Waals surface area contributed by atoms with Crippen molar-refractivity contribution in [2.24, 2.45) is 0 Å². The maximum absolute atomic E-state index is 12.2. The molecular weight excluding hydrogens is 294 g/mol. The number of nitrogen functional groups attached to an aromatic ring is 1. The van der Waals surface area contributed by atoms with E-state index in [1.54, 1.807) is 6.92 Å². The molecule has 2 aromatic rings. The minimum atomic E-state index is -0.339. The van der Waals surface area contributed by atoms with Crippen LogP contribution in [0.25, 0.3) is 11.1 Å². The number of hydrogen-bond acceptors (Lipinski definition) is 4. The van der Waals surface area contributed by atoms with E-state index in [0.29, 0.717) is 17.2 Å². The van der Waals surface area contributed by atoms with Gasteiger partial charge in [0.05, 0.1) is 6.61 Å². The van der Waals surface area contributed by atoms with Crippen molar-refractivity contribution in [1.29, 1.82) is 0 Å². The summed E-state index contributed by atoms with van der Waals surface area (Å²) in [5.74, 6) is -0.339. The standard InChI is InChI=1S/C18H23NO2S/c1-4-6-7-13-8-10-14(11-9-13)15-12(3)22-17(19)16(15)18(20)21-5-2/h8-11H,4-7,19H2,1-3H3. The van der Waals surface area contributed by atoms with E-state index in [2.05, 4.69) is 31.2 Å². The van der Waals surface area contributed by atoms with Crippen molar-refractivity contribution in [1.82, 2.24) is 0 Å². The summed E-state index contributed by atoms with van der Waals surface area (Å²) in [6, 6.07) is 8.41. The summed E-state index contributed by atoms with van der Waals surface area (Å²) in [5.41, 5.74) is 9.78. The first-order valence-corrected chi connectivity index (χ1v) is 8.55. The first-order chi connectivity index (χ1) is 10.6. The number of rotatable bonds is 6. The van der Waals surface area contributed by atoms with Crippen LogP contribution in [0.4, 0.5) is 5.00 Å². The zero-order valence-corrected chi connectivity index (χ0v) is 14.3. The maximum Gasteiger partial charge on any atom is 0.341 e. The fourth-order valence-electron chi connectivity index (χ4n) is 2.54. The van der Waals surface area contributed by atoms with Gasteiger partial charge in [-0.05, 0) is 37.8 Å². The fourth-order valence-corrected chi connectivity index (χ4v) is 3.48. The smallest absolute Gasteiger partial charge is 0.341 e. The number of aryl methyl sites for hydroxylation is 2. The lowest BCUT2D eigenvalue weighted by atomic mass is 9.99. The first-order valence-electron chi connectivity index (χ1n) is 7.73. The van der Waals surface area contributed by atoms with Gasteiger partial charge in [-0.15, -0.1) is 11.3 Å². The Balaban J connectivity index is 2.37. The number of thiophene rings is 1. The molecule has 0 fully saturated rings. The molecule has 1 heterocycles. The lowest BCUT2D eigenvalue weighted by Crippen LogP contribution is -2.07. The summed E-state index contributed by atoms with van der Waals surface area (Å²) in [6.07, 6.45) is 3.47. The Morgan fingerprint density at radius 2 is 1.91 bits per heavy atom. The quantitative estimate of drug-likeness (QED) is 0.777. The SMILES string of the molecule is CCCCc1ccc(-c2c(C)sc(N)c2C(=O)OCC)cc1. The number of hydrogen-bond donors (Lipinski definition) is 1. The van der Waals surface area contributed by atoms with E-state index in [-0.39, 0.29) is 5.97 Å². The Kier molecular flexibility index (Phi) is 5.61. The van der Waals surface area contributed by atoms with E-state index in [9.17, 15) is 4.79 Å². The highest BCUT2D eigenvalue weighted by Gasteiger charge is 2.22. The van der Waals surface area contributed by atoms with Crippen molar-refractivity contribution < 1.29 is 9.53 Å². The van der Waals surface area contributed by atoms with Crippen LogP contribution < -0.4 is 5.73 Å². The zero-order valence-electron chi connectivity index (χ0n) is 13.4. The van der Waals surface area contributed by atoms with E-state index >= 15 is 0 Å². The summed E-state index contributed by atoms with van der Waals surface area (Å²) in [7, 11) is 0. The average Bonchev–Trinajstić information content (AvgIpc) is 2.80. The number of anilines is 1.